The molecule has 0 spiro atoms. The zero-order valence-electron chi connectivity index (χ0n) is 27.1. The summed E-state index contributed by atoms with van der Waals surface area (Å²) in [6, 6.07) is 12.7. The van der Waals surface area contributed by atoms with Crippen LogP contribution in [0, 0.1) is 0 Å². The third-order valence-corrected chi connectivity index (χ3v) is 5.82. The number of benzene rings is 2. The second-order valence-electron chi connectivity index (χ2n) is 9.72. The van der Waals surface area contributed by atoms with Gasteiger partial charge in [-0.2, -0.15) is 0 Å². The normalized spacial score (nSPS) is 9.74. The van der Waals surface area contributed by atoms with Gasteiger partial charge in [-0.05, 0) is 74.2 Å². The maximum atomic E-state index is 11.7. The number of carbonyl (C=O) groups excluding carboxylic acids is 4. The first kappa shape index (κ1) is 41.3. The van der Waals surface area contributed by atoms with E-state index in [0.717, 1.165) is 51.4 Å². The summed E-state index contributed by atoms with van der Waals surface area (Å²) in [6.07, 6.45) is 7.35. The van der Waals surface area contributed by atoms with Crippen molar-refractivity contribution in [1.29, 1.82) is 0 Å². The summed E-state index contributed by atoms with van der Waals surface area (Å²) in [5.41, 5.74) is 1.80. The minimum Gasteiger partial charge on any atom is -0.473 e. The van der Waals surface area contributed by atoms with Crippen LogP contribution in [-0.4, -0.2) is 72.5 Å². The first-order chi connectivity index (χ1) is 22.0. The third-order valence-electron chi connectivity index (χ3n) is 5.82. The summed E-state index contributed by atoms with van der Waals surface area (Å²) in [7, 11) is 0. The lowest BCUT2D eigenvalue weighted by atomic mass is 10.1. The topological polar surface area (TPSA) is 180 Å². The average Bonchev–Trinajstić information content (AvgIpc) is 3.05. The van der Waals surface area contributed by atoms with E-state index in [1.54, 1.807) is 48.5 Å². The molecule has 12 nitrogen and oxygen atoms in total. The molecule has 0 aliphatic rings. The summed E-state index contributed by atoms with van der Waals surface area (Å²) in [5, 5.41) is 14.8. The van der Waals surface area contributed by atoms with E-state index in [1.165, 1.54) is 0 Å². The van der Waals surface area contributed by atoms with Gasteiger partial charge in [0.25, 0.3) is 0 Å². The molecule has 0 amide bonds. The zero-order chi connectivity index (χ0) is 34.7. The van der Waals surface area contributed by atoms with Gasteiger partial charge in [0.05, 0.1) is 48.7 Å². The van der Waals surface area contributed by atoms with Crippen LogP contribution in [0.4, 0.5) is 0 Å². The summed E-state index contributed by atoms with van der Waals surface area (Å²) >= 11 is 0. The Kier molecular flexibility index (Phi) is 22.9. The molecule has 0 aliphatic heterocycles. The molecular formula is C34H46O12. The number of aliphatic carboxylic acids is 2. The Morgan fingerprint density at radius 3 is 0.717 bits per heavy atom. The van der Waals surface area contributed by atoms with Gasteiger partial charge in [0.2, 0.25) is 0 Å². The SMILES string of the molecule is CCCCOC(=O)c1ccc(C(=O)OCCCC)cc1.CCCCOC(=O)c1ccc(C(=O)OCCCC)cc1.O=C(O)C(=O)O. The molecule has 0 radical (unpaired) electrons. The highest BCUT2D eigenvalue weighted by Crippen LogP contribution is 2.10. The van der Waals surface area contributed by atoms with E-state index in [4.69, 9.17) is 38.7 Å². The lowest BCUT2D eigenvalue weighted by Gasteiger charge is -2.06. The van der Waals surface area contributed by atoms with E-state index in [-0.39, 0.29) is 23.9 Å². The predicted octanol–water partition coefficient (Wildman–Crippen LogP) is 6.36. The molecule has 0 heterocycles. The fraction of sp³-hybridized carbons (Fsp3) is 0.471. The number of hydrogen-bond donors (Lipinski definition) is 2. The minimum absolute atomic E-state index is 0.357. The molecule has 2 aromatic carbocycles. The van der Waals surface area contributed by atoms with Crippen LogP contribution in [0.25, 0.3) is 0 Å². The van der Waals surface area contributed by atoms with Crippen molar-refractivity contribution in [3.05, 3.63) is 70.8 Å². The molecule has 254 valence electrons. The van der Waals surface area contributed by atoms with Crippen molar-refractivity contribution in [3.63, 3.8) is 0 Å². The lowest BCUT2D eigenvalue weighted by Crippen LogP contribution is -2.09. The first-order valence-corrected chi connectivity index (χ1v) is 15.4. The Bertz CT molecular complexity index is 1030. The largest absolute Gasteiger partial charge is 0.473 e. The number of rotatable bonds is 16. The Hall–Kier alpha value is -4.74. The van der Waals surface area contributed by atoms with Gasteiger partial charge in [-0.15, -0.1) is 0 Å². The molecule has 0 saturated heterocycles. The molecule has 46 heavy (non-hydrogen) atoms. The van der Waals surface area contributed by atoms with Crippen LogP contribution in [0.5, 0.6) is 0 Å². The van der Waals surface area contributed by atoms with Gasteiger partial charge >= 0.3 is 35.8 Å². The molecule has 2 rings (SSSR count). The second kappa shape index (κ2) is 25.6. The van der Waals surface area contributed by atoms with E-state index in [9.17, 15) is 19.2 Å². The fourth-order valence-corrected chi connectivity index (χ4v) is 3.05. The number of esters is 4. The number of carboxylic acid groups (broad SMARTS) is 2. The molecule has 0 atom stereocenters. The van der Waals surface area contributed by atoms with Crippen molar-refractivity contribution in [2.24, 2.45) is 0 Å². The minimum atomic E-state index is -1.82. The van der Waals surface area contributed by atoms with Crippen molar-refractivity contribution in [1.82, 2.24) is 0 Å². The smallest absolute Gasteiger partial charge is 0.414 e. The number of carbonyl (C=O) groups is 6. The highest BCUT2D eigenvalue weighted by molar-refractivity contribution is 6.27. The van der Waals surface area contributed by atoms with Crippen LogP contribution in [0.15, 0.2) is 48.5 Å². The Morgan fingerprint density at radius 2 is 0.587 bits per heavy atom. The van der Waals surface area contributed by atoms with Crippen LogP contribution in [0.2, 0.25) is 0 Å². The number of unbranched alkanes of at least 4 members (excludes halogenated alkanes) is 4. The Balaban J connectivity index is 0.000000749. The fourth-order valence-electron chi connectivity index (χ4n) is 3.05. The Morgan fingerprint density at radius 1 is 0.413 bits per heavy atom. The van der Waals surface area contributed by atoms with Crippen LogP contribution in [0.3, 0.4) is 0 Å². The van der Waals surface area contributed by atoms with Crippen molar-refractivity contribution in [2.75, 3.05) is 26.4 Å². The summed E-state index contributed by atoms with van der Waals surface area (Å²) < 4.78 is 20.4. The van der Waals surface area contributed by atoms with E-state index < -0.39 is 11.9 Å². The molecule has 0 bridgehead atoms. The molecule has 0 fully saturated rings. The monoisotopic (exact) mass is 646 g/mol. The molecule has 0 aliphatic carbocycles. The maximum Gasteiger partial charge on any atom is 0.414 e. The highest BCUT2D eigenvalue weighted by Gasteiger charge is 2.12. The van der Waals surface area contributed by atoms with Crippen molar-refractivity contribution < 1.29 is 57.9 Å². The molecule has 0 aromatic heterocycles. The van der Waals surface area contributed by atoms with Gasteiger partial charge in [0.15, 0.2) is 0 Å². The predicted molar refractivity (Wildman–Crippen MR) is 169 cm³/mol. The van der Waals surface area contributed by atoms with E-state index >= 15 is 0 Å². The van der Waals surface area contributed by atoms with Crippen LogP contribution in [0.1, 0.15) is 120 Å². The maximum absolute atomic E-state index is 11.7. The number of carboxylic acids is 2. The van der Waals surface area contributed by atoms with Crippen molar-refractivity contribution >= 4 is 35.8 Å². The van der Waals surface area contributed by atoms with E-state index in [2.05, 4.69) is 0 Å². The van der Waals surface area contributed by atoms with Gasteiger partial charge in [0, 0.05) is 0 Å². The van der Waals surface area contributed by atoms with Gasteiger partial charge in [-0.25, -0.2) is 28.8 Å². The quantitative estimate of drug-likeness (QED) is 0.0893. The highest BCUT2D eigenvalue weighted by atomic mass is 16.5. The van der Waals surface area contributed by atoms with Gasteiger partial charge in [0.1, 0.15) is 0 Å². The zero-order valence-corrected chi connectivity index (χ0v) is 27.1. The average molecular weight is 647 g/mol. The lowest BCUT2D eigenvalue weighted by molar-refractivity contribution is -0.159. The van der Waals surface area contributed by atoms with E-state index in [1.807, 2.05) is 27.7 Å². The molecule has 0 unspecified atom stereocenters. The number of hydrogen-bond acceptors (Lipinski definition) is 10. The third kappa shape index (κ3) is 18.8. The molecular weight excluding hydrogens is 600 g/mol. The van der Waals surface area contributed by atoms with Crippen LogP contribution in [-0.2, 0) is 28.5 Å². The van der Waals surface area contributed by atoms with Crippen LogP contribution >= 0.6 is 0 Å². The first-order valence-electron chi connectivity index (χ1n) is 15.4. The second-order valence-corrected chi connectivity index (χ2v) is 9.72. The van der Waals surface area contributed by atoms with Gasteiger partial charge in [-0.1, -0.05) is 53.4 Å². The van der Waals surface area contributed by atoms with Crippen molar-refractivity contribution in [2.45, 2.75) is 79.1 Å². The van der Waals surface area contributed by atoms with Gasteiger partial charge < -0.3 is 29.2 Å². The number of ether oxygens (including phenoxy) is 4. The molecule has 12 heteroatoms. The molecule has 2 N–H and O–H groups in total. The van der Waals surface area contributed by atoms with Gasteiger partial charge in [-0.3, -0.25) is 0 Å². The molecule has 2 aromatic rings. The summed E-state index contributed by atoms with van der Waals surface area (Å²) in [6.45, 7) is 9.84. The Labute approximate surface area is 270 Å². The van der Waals surface area contributed by atoms with Crippen molar-refractivity contribution in [3.8, 4) is 0 Å². The summed E-state index contributed by atoms with van der Waals surface area (Å²) in [5.74, 6) is -5.08. The standard InChI is InChI=1S/2C16H22O4.C2H2O4/c2*1-3-5-11-19-15(17)13-7-9-14(10-8-13)16(18)20-12-6-4-2;3-1(4)2(5)6/h2*7-10H,3-6,11-12H2,1-2H3;(H,3,4)(H,5,6). The van der Waals surface area contributed by atoms with E-state index in [0.29, 0.717) is 48.7 Å². The summed E-state index contributed by atoms with van der Waals surface area (Å²) in [4.78, 5) is 64.9. The molecule has 0 saturated carbocycles. The van der Waals surface area contributed by atoms with Crippen LogP contribution < -0.4 is 0 Å².